The van der Waals surface area contributed by atoms with E-state index >= 15 is 0 Å². The summed E-state index contributed by atoms with van der Waals surface area (Å²) in [5, 5.41) is 8.80. The maximum atomic E-state index is 13.5. The van der Waals surface area contributed by atoms with E-state index in [1.807, 2.05) is 6.92 Å². The Bertz CT molecular complexity index is 548. The summed E-state index contributed by atoms with van der Waals surface area (Å²) in [6.07, 6.45) is 1.58. The third-order valence-corrected chi connectivity index (χ3v) is 5.04. The molecule has 0 aliphatic rings. The highest BCUT2D eigenvalue weighted by atomic mass is 35.5. The van der Waals surface area contributed by atoms with Gasteiger partial charge >= 0.3 is 0 Å². The van der Waals surface area contributed by atoms with Crippen LogP contribution >= 0.6 is 11.6 Å². The molecule has 0 atom stereocenters. The van der Waals surface area contributed by atoms with Gasteiger partial charge in [0.25, 0.3) is 0 Å². The number of aliphatic hydroxyl groups is 1. The topological polar surface area (TPSA) is 57.6 Å². The zero-order valence-corrected chi connectivity index (χ0v) is 12.4. The standard InChI is InChI=1S/C12H17ClFNO3S/c1-3-4-5-15(2)19(17,18)10-6-9(8-16)12(13)11(14)7-10/h6-7,16H,3-5,8H2,1-2H3. The third kappa shape index (κ3) is 3.66. The zero-order chi connectivity index (χ0) is 14.6. The molecule has 0 fully saturated rings. The average Bonchev–Trinajstić information content (AvgIpc) is 2.38. The van der Waals surface area contributed by atoms with Crippen LogP contribution in [-0.4, -0.2) is 31.4 Å². The van der Waals surface area contributed by atoms with Gasteiger partial charge in [-0.15, -0.1) is 0 Å². The lowest BCUT2D eigenvalue weighted by Crippen LogP contribution is -2.28. The van der Waals surface area contributed by atoms with Gasteiger partial charge in [0.2, 0.25) is 10.0 Å². The lowest BCUT2D eigenvalue weighted by Gasteiger charge is -2.17. The van der Waals surface area contributed by atoms with Gasteiger partial charge in [-0.2, -0.15) is 0 Å². The predicted molar refractivity (Wildman–Crippen MR) is 72.1 cm³/mol. The molecule has 1 aromatic carbocycles. The molecule has 1 N–H and O–H groups in total. The SMILES string of the molecule is CCCCN(C)S(=O)(=O)c1cc(F)c(Cl)c(CO)c1. The molecule has 0 saturated carbocycles. The molecule has 1 aromatic rings. The first kappa shape index (κ1) is 16.4. The van der Waals surface area contributed by atoms with Crippen LogP contribution in [0.2, 0.25) is 5.02 Å². The van der Waals surface area contributed by atoms with Crippen molar-refractivity contribution >= 4 is 21.6 Å². The third-order valence-electron chi connectivity index (χ3n) is 2.78. The second-order valence-corrected chi connectivity index (χ2v) is 6.64. The Hall–Kier alpha value is -0.690. The number of halogens is 2. The van der Waals surface area contributed by atoms with E-state index in [9.17, 15) is 12.8 Å². The van der Waals surface area contributed by atoms with Crippen molar-refractivity contribution in [2.45, 2.75) is 31.3 Å². The van der Waals surface area contributed by atoms with Crippen LogP contribution in [0.4, 0.5) is 4.39 Å². The van der Waals surface area contributed by atoms with Gasteiger partial charge in [0.05, 0.1) is 16.5 Å². The summed E-state index contributed by atoms with van der Waals surface area (Å²) in [5.74, 6) is -0.851. The second-order valence-electron chi connectivity index (χ2n) is 4.22. The van der Waals surface area contributed by atoms with Crippen LogP contribution in [0, 0.1) is 5.82 Å². The van der Waals surface area contributed by atoms with Crippen LogP contribution in [-0.2, 0) is 16.6 Å². The Labute approximate surface area is 117 Å². The van der Waals surface area contributed by atoms with Crippen LogP contribution in [0.15, 0.2) is 17.0 Å². The minimum atomic E-state index is -3.76. The van der Waals surface area contributed by atoms with E-state index in [1.54, 1.807) is 0 Å². The van der Waals surface area contributed by atoms with Gasteiger partial charge in [0, 0.05) is 19.2 Å². The summed E-state index contributed by atoms with van der Waals surface area (Å²) >= 11 is 5.64. The molecule has 0 unspecified atom stereocenters. The largest absolute Gasteiger partial charge is 0.392 e. The Morgan fingerprint density at radius 2 is 2.05 bits per heavy atom. The van der Waals surface area contributed by atoms with E-state index < -0.39 is 22.4 Å². The number of hydrogen-bond acceptors (Lipinski definition) is 3. The first-order valence-corrected chi connectivity index (χ1v) is 7.71. The molecular weight excluding hydrogens is 293 g/mol. The quantitative estimate of drug-likeness (QED) is 0.878. The summed E-state index contributed by atoms with van der Waals surface area (Å²) < 4.78 is 39.1. The van der Waals surface area contributed by atoms with Gasteiger partial charge in [-0.25, -0.2) is 17.1 Å². The Kier molecular flexibility index (Phi) is 5.73. The van der Waals surface area contributed by atoms with Crippen molar-refractivity contribution in [3.05, 3.63) is 28.5 Å². The average molecular weight is 310 g/mol. The number of aliphatic hydroxyl groups excluding tert-OH is 1. The summed E-state index contributed by atoms with van der Waals surface area (Å²) in [7, 11) is -2.32. The Morgan fingerprint density at radius 1 is 1.42 bits per heavy atom. The maximum absolute atomic E-state index is 13.5. The summed E-state index contributed by atoms with van der Waals surface area (Å²) in [6.45, 7) is 1.79. The van der Waals surface area contributed by atoms with E-state index in [0.29, 0.717) is 6.54 Å². The minimum absolute atomic E-state index is 0.0594. The van der Waals surface area contributed by atoms with Gasteiger partial charge in [0.1, 0.15) is 5.82 Å². The van der Waals surface area contributed by atoms with Gasteiger partial charge in [-0.1, -0.05) is 24.9 Å². The molecule has 0 bridgehead atoms. The fourth-order valence-corrected chi connectivity index (χ4v) is 3.01. The fourth-order valence-electron chi connectivity index (χ4n) is 1.56. The molecule has 0 aromatic heterocycles. The molecule has 4 nitrogen and oxygen atoms in total. The second kappa shape index (κ2) is 6.65. The van der Waals surface area contributed by atoms with Gasteiger partial charge in [0.15, 0.2) is 0 Å². The molecule has 108 valence electrons. The smallest absolute Gasteiger partial charge is 0.242 e. The monoisotopic (exact) mass is 309 g/mol. The first-order chi connectivity index (χ1) is 8.84. The van der Waals surface area contributed by atoms with Crippen molar-refractivity contribution in [1.29, 1.82) is 0 Å². The molecule has 0 spiro atoms. The molecule has 0 aliphatic heterocycles. The minimum Gasteiger partial charge on any atom is -0.392 e. The Morgan fingerprint density at radius 3 is 2.58 bits per heavy atom. The number of benzene rings is 1. The van der Waals surface area contributed by atoms with Gasteiger partial charge in [-0.3, -0.25) is 0 Å². The number of rotatable bonds is 6. The molecule has 0 heterocycles. The number of hydrogen-bond donors (Lipinski definition) is 1. The highest BCUT2D eigenvalue weighted by Crippen LogP contribution is 2.26. The highest BCUT2D eigenvalue weighted by molar-refractivity contribution is 7.89. The lowest BCUT2D eigenvalue weighted by molar-refractivity contribution is 0.281. The predicted octanol–water partition coefficient (Wildman–Crippen LogP) is 2.39. The normalized spacial score (nSPS) is 12.1. The maximum Gasteiger partial charge on any atom is 0.242 e. The van der Waals surface area contributed by atoms with Crippen molar-refractivity contribution in [2.24, 2.45) is 0 Å². The fraction of sp³-hybridized carbons (Fsp3) is 0.500. The van der Waals surface area contributed by atoms with Crippen LogP contribution < -0.4 is 0 Å². The highest BCUT2D eigenvalue weighted by Gasteiger charge is 2.23. The number of unbranched alkanes of at least 4 members (excludes halogenated alkanes) is 1. The van der Waals surface area contributed by atoms with E-state index in [4.69, 9.17) is 16.7 Å². The molecule has 0 amide bonds. The van der Waals surface area contributed by atoms with Crippen LogP contribution in [0.25, 0.3) is 0 Å². The molecule has 7 heteroatoms. The molecule has 0 radical (unpaired) electrons. The summed E-state index contributed by atoms with van der Waals surface area (Å²) in [5.41, 5.74) is 0.0594. The van der Waals surface area contributed by atoms with E-state index in [0.717, 1.165) is 18.9 Å². The Balaban J connectivity index is 3.18. The van der Waals surface area contributed by atoms with Crippen LogP contribution in [0.1, 0.15) is 25.3 Å². The first-order valence-electron chi connectivity index (χ1n) is 5.89. The molecule has 1 rings (SSSR count). The van der Waals surface area contributed by atoms with Crippen molar-refractivity contribution in [3.63, 3.8) is 0 Å². The van der Waals surface area contributed by atoms with Gasteiger partial charge in [-0.05, 0) is 18.6 Å². The number of sulfonamides is 1. The van der Waals surface area contributed by atoms with Gasteiger partial charge < -0.3 is 5.11 Å². The van der Waals surface area contributed by atoms with Crippen molar-refractivity contribution in [2.75, 3.05) is 13.6 Å². The van der Waals surface area contributed by atoms with E-state index in [1.165, 1.54) is 17.4 Å². The van der Waals surface area contributed by atoms with Crippen LogP contribution in [0.5, 0.6) is 0 Å². The lowest BCUT2D eigenvalue weighted by atomic mass is 10.2. The number of nitrogens with zero attached hydrogens (tertiary/aromatic N) is 1. The van der Waals surface area contributed by atoms with E-state index in [-0.39, 0.29) is 15.5 Å². The molecule has 19 heavy (non-hydrogen) atoms. The van der Waals surface area contributed by atoms with Crippen molar-refractivity contribution < 1.29 is 17.9 Å². The molecule has 0 saturated heterocycles. The summed E-state index contributed by atoms with van der Waals surface area (Å²) in [4.78, 5) is -0.197. The summed E-state index contributed by atoms with van der Waals surface area (Å²) in [6, 6.07) is 2.07. The molecular formula is C12H17ClFNO3S. The van der Waals surface area contributed by atoms with Crippen LogP contribution in [0.3, 0.4) is 0 Å². The molecule has 0 aliphatic carbocycles. The van der Waals surface area contributed by atoms with Crippen molar-refractivity contribution in [3.8, 4) is 0 Å². The van der Waals surface area contributed by atoms with Crippen molar-refractivity contribution in [1.82, 2.24) is 4.31 Å². The zero-order valence-electron chi connectivity index (χ0n) is 10.9. The van der Waals surface area contributed by atoms with E-state index in [2.05, 4.69) is 0 Å².